The highest BCUT2D eigenvalue weighted by Crippen LogP contribution is 2.37. The number of hydrogen-bond donors (Lipinski definition) is 0. The van der Waals surface area contributed by atoms with Gasteiger partial charge in [0.15, 0.2) is 5.78 Å². The van der Waals surface area contributed by atoms with Crippen LogP contribution in [-0.4, -0.2) is 38.3 Å². The molecule has 0 saturated heterocycles. The number of fused-ring (bicyclic) bond motifs is 1. The number of allylic oxidation sites excluding steroid dienone is 1. The molecule has 0 N–H and O–H groups in total. The van der Waals surface area contributed by atoms with Crippen LogP contribution in [0.3, 0.4) is 0 Å². The van der Waals surface area contributed by atoms with Crippen molar-refractivity contribution in [1.82, 2.24) is 9.97 Å². The van der Waals surface area contributed by atoms with E-state index < -0.39 is 13.5 Å². The molecule has 122 valence electrons. The third-order valence-corrected chi connectivity index (χ3v) is 5.44. The Morgan fingerprint density at radius 1 is 1.35 bits per heavy atom. The summed E-state index contributed by atoms with van der Waals surface area (Å²) >= 11 is 0. The molecule has 6 heteroatoms. The van der Waals surface area contributed by atoms with Gasteiger partial charge in [-0.1, -0.05) is 40.4 Å². The largest absolute Gasteiger partial charge is 0.368 e. The van der Waals surface area contributed by atoms with Gasteiger partial charge in [0.1, 0.15) is 14.0 Å². The monoisotopic (exact) mass is 328 g/mol. The van der Waals surface area contributed by atoms with Crippen LogP contribution in [0.4, 0.5) is 0 Å². The van der Waals surface area contributed by atoms with Crippen molar-refractivity contribution < 1.29 is 9.53 Å². The predicted molar refractivity (Wildman–Crippen MR) is 96.7 cm³/mol. The van der Waals surface area contributed by atoms with E-state index in [1.54, 1.807) is 0 Å². The van der Waals surface area contributed by atoms with Crippen LogP contribution < -0.4 is 5.59 Å². The van der Waals surface area contributed by atoms with Crippen molar-refractivity contribution >= 4 is 32.9 Å². The van der Waals surface area contributed by atoms with Crippen molar-refractivity contribution in [2.45, 2.75) is 52.6 Å². The Bertz CT molecular complexity index is 645. The van der Waals surface area contributed by atoms with E-state index in [-0.39, 0.29) is 11.9 Å². The van der Waals surface area contributed by atoms with Crippen LogP contribution in [0.1, 0.15) is 38.3 Å². The van der Waals surface area contributed by atoms with E-state index >= 15 is 0 Å². The number of nitrogens with zero attached hydrogens (tertiary/aromatic N) is 2. The predicted octanol–water partition coefficient (Wildman–Crippen LogP) is 2.68. The summed E-state index contributed by atoms with van der Waals surface area (Å²) in [4.78, 5) is 21.4. The molecule has 0 bridgehead atoms. The second-order valence-corrected chi connectivity index (χ2v) is 13.9. The summed E-state index contributed by atoms with van der Waals surface area (Å²) in [6, 6.07) is 1.07. The summed E-state index contributed by atoms with van der Waals surface area (Å²) in [6.45, 7) is 13.3. The molecular weight excluding hydrogens is 303 g/mol. The maximum absolute atomic E-state index is 12.7. The van der Waals surface area contributed by atoms with Gasteiger partial charge in [-0.3, -0.25) is 14.8 Å². The van der Waals surface area contributed by atoms with Gasteiger partial charge in [-0.15, -0.1) is 0 Å². The van der Waals surface area contributed by atoms with Gasteiger partial charge < -0.3 is 4.74 Å². The molecule has 0 aromatic carbocycles. The van der Waals surface area contributed by atoms with Crippen molar-refractivity contribution in [2.75, 3.05) is 6.61 Å². The van der Waals surface area contributed by atoms with Crippen LogP contribution in [0.5, 0.6) is 0 Å². The van der Waals surface area contributed by atoms with Gasteiger partial charge in [0, 0.05) is 37.5 Å². The fourth-order valence-electron chi connectivity index (χ4n) is 2.33. The Labute approximate surface area is 141 Å². The molecule has 0 saturated carbocycles. The Balaban J connectivity index is 2.28. The van der Waals surface area contributed by atoms with E-state index in [4.69, 9.17) is 12.6 Å². The molecule has 1 unspecified atom stereocenters. The molecule has 1 atom stereocenters. The lowest BCUT2D eigenvalue weighted by molar-refractivity contribution is -0.120. The molecule has 0 spiro atoms. The topological polar surface area (TPSA) is 52.1 Å². The number of rotatable bonds is 5. The third-order valence-electron chi connectivity index (χ3n) is 3.74. The Morgan fingerprint density at radius 2 is 2.00 bits per heavy atom. The summed E-state index contributed by atoms with van der Waals surface area (Å²) < 4.78 is 6.00. The standard InChI is InChI=1S/C17H25BN2O2Si/c1-17(2,3)16(21)11-9-12(22-7-8-23(4,5)6)15-14(11)20-13(18)10-19-15/h9-10,12H,7-8H2,1-6H3. The molecule has 2 rings (SSSR count). The van der Waals surface area contributed by atoms with Gasteiger partial charge >= 0.3 is 0 Å². The summed E-state index contributed by atoms with van der Waals surface area (Å²) in [5.41, 5.74) is 1.68. The fraction of sp³-hybridized carbons (Fsp3) is 0.588. The molecule has 4 nitrogen and oxygen atoms in total. The number of aromatic nitrogens is 2. The molecular formula is C17H25BN2O2Si. The normalized spacial score (nSPS) is 17.8. The molecule has 1 aliphatic rings. The minimum absolute atomic E-state index is 0.0370. The highest BCUT2D eigenvalue weighted by Gasteiger charge is 2.35. The van der Waals surface area contributed by atoms with E-state index in [9.17, 15) is 4.79 Å². The van der Waals surface area contributed by atoms with Crippen molar-refractivity contribution in [1.29, 1.82) is 0 Å². The van der Waals surface area contributed by atoms with Gasteiger partial charge in [-0.2, -0.15) is 0 Å². The Morgan fingerprint density at radius 3 is 2.57 bits per heavy atom. The minimum Gasteiger partial charge on any atom is -0.368 e. The van der Waals surface area contributed by atoms with E-state index in [1.807, 2.05) is 26.8 Å². The van der Waals surface area contributed by atoms with Gasteiger partial charge in [0.2, 0.25) is 0 Å². The molecule has 1 aromatic rings. The van der Waals surface area contributed by atoms with Crippen molar-refractivity contribution in [2.24, 2.45) is 5.41 Å². The fourth-order valence-corrected chi connectivity index (χ4v) is 3.06. The quantitative estimate of drug-likeness (QED) is 0.780. The average Bonchev–Trinajstić information content (AvgIpc) is 2.73. The maximum Gasteiger partial charge on any atom is 0.170 e. The van der Waals surface area contributed by atoms with Gasteiger partial charge in [0.05, 0.1) is 11.4 Å². The Kier molecular flexibility index (Phi) is 4.97. The molecule has 0 fully saturated rings. The van der Waals surface area contributed by atoms with Crippen molar-refractivity contribution in [3.8, 4) is 0 Å². The zero-order chi connectivity index (χ0) is 17.4. The highest BCUT2D eigenvalue weighted by molar-refractivity contribution is 6.76. The van der Waals surface area contributed by atoms with Crippen LogP contribution in [0.15, 0.2) is 12.3 Å². The SMILES string of the molecule is [B]c1cnc2c(n1)C(C(=O)C(C)(C)C)=CC2OCC[Si](C)(C)C. The van der Waals surface area contributed by atoms with Crippen LogP contribution in [0.25, 0.3) is 5.57 Å². The molecule has 1 aromatic heterocycles. The highest BCUT2D eigenvalue weighted by atomic mass is 28.3. The molecule has 23 heavy (non-hydrogen) atoms. The molecule has 1 heterocycles. The summed E-state index contributed by atoms with van der Waals surface area (Å²) in [5.74, 6) is 0.0370. The zero-order valence-electron chi connectivity index (χ0n) is 14.9. The van der Waals surface area contributed by atoms with Gasteiger partial charge in [-0.25, -0.2) is 0 Å². The second-order valence-electron chi connectivity index (χ2n) is 8.29. The third kappa shape index (κ3) is 4.38. The lowest BCUT2D eigenvalue weighted by atomic mass is 9.86. The molecule has 1 aliphatic carbocycles. The van der Waals surface area contributed by atoms with Crippen LogP contribution >= 0.6 is 0 Å². The van der Waals surface area contributed by atoms with E-state index in [1.165, 1.54) is 6.20 Å². The first-order valence-electron chi connectivity index (χ1n) is 8.00. The smallest absolute Gasteiger partial charge is 0.170 e. The summed E-state index contributed by atoms with van der Waals surface area (Å²) in [6.07, 6.45) is 3.06. The van der Waals surface area contributed by atoms with E-state index in [0.29, 0.717) is 29.2 Å². The summed E-state index contributed by atoms with van der Waals surface area (Å²) in [7, 11) is 4.59. The number of ketones is 1. The molecule has 0 aliphatic heterocycles. The van der Waals surface area contributed by atoms with Gasteiger partial charge in [-0.05, 0) is 12.1 Å². The van der Waals surface area contributed by atoms with Gasteiger partial charge in [0.25, 0.3) is 0 Å². The van der Waals surface area contributed by atoms with Crippen molar-refractivity contribution in [3.63, 3.8) is 0 Å². The van der Waals surface area contributed by atoms with Crippen molar-refractivity contribution in [3.05, 3.63) is 23.7 Å². The molecule has 0 amide bonds. The first kappa shape index (κ1) is 18.1. The number of Topliss-reactive ketones (excluding diaryl/α,β-unsaturated/α-hetero) is 1. The number of carbonyl (C=O) groups excluding carboxylic acids is 1. The first-order valence-corrected chi connectivity index (χ1v) is 11.7. The maximum atomic E-state index is 12.7. The minimum atomic E-state index is -1.17. The second kappa shape index (κ2) is 6.32. The number of carbonyl (C=O) groups is 1. The Hall–Kier alpha value is -1.27. The van der Waals surface area contributed by atoms with E-state index in [0.717, 1.165) is 6.04 Å². The summed E-state index contributed by atoms with van der Waals surface area (Å²) in [5, 5.41) is 0. The first-order chi connectivity index (χ1) is 10.5. The average molecular weight is 328 g/mol. The number of ether oxygens (including phenoxy) is 1. The number of hydrogen-bond acceptors (Lipinski definition) is 4. The molecule has 2 radical (unpaired) electrons. The van der Waals surface area contributed by atoms with Crippen LogP contribution in [-0.2, 0) is 9.53 Å². The zero-order valence-corrected chi connectivity index (χ0v) is 15.9. The van der Waals surface area contributed by atoms with Crippen LogP contribution in [0, 0.1) is 5.41 Å². The lowest BCUT2D eigenvalue weighted by Crippen LogP contribution is -2.23. The van der Waals surface area contributed by atoms with E-state index in [2.05, 4.69) is 29.6 Å². The lowest BCUT2D eigenvalue weighted by Gasteiger charge is -2.17. The van der Waals surface area contributed by atoms with Crippen LogP contribution in [0.2, 0.25) is 25.7 Å².